The summed E-state index contributed by atoms with van der Waals surface area (Å²) >= 11 is 11.8. The molecule has 0 aliphatic carbocycles. The van der Waals surface area contributed by atoms with Gasteiger partial charge >= 0.3 is 0 Å². The summed E-state index contributed by atoms with van der Waals surface area (Å²) in [6.07, 6.45) is 0. The first-order valence-electron chi connectivity index (χ1n) is 4.01. The first-order valence-corrected chi connectivity index (χ1v) is 4.77. The summed E-state index contributed by atoms with van der Waals surface area (Å²) in [6.45, 7) is 0. The van der Waals surface area contributed by atoms with Gasteiger partial charge in [-0.05, 0) is 12.1 Å². The fraction of sp³-hybridized carbons (Fsp3) is 0. The Morgan fingerprint density at radius 1 is 1.33 bits per heavy atom. The molecule has 0 aliphatic rings. The molecule has 0 saturated heterocycles. The molecule has 0 atom stereocenters. The van der Waals surface area contributed by atoms with Crippen LogP contribution in [0.5, 0.6) is 0 Å². The molecule has 5 N–H and O–H groups in total. The normalized spacial score (nSPS) is 10.5. The van der Waals surface area contributed by atoms with Crippen LogP contribution in [0.3, 0.4) is 0 Å². The number of benzene rings is 1. The molecule has 0 fully saturated rings. The molecule has 1 aromatic carbocycles. The van der Waals surface area contributed by atoms with Gasteiger partial charge in [-0.1, -0.05) is 23.2 Å². The van der Waals surface area contributed by atoms with E-state index in [1.165, 1.54) is 0 Å². The zero-order chi connectivity index (χ0) is 11.0. The standard InChI is InChI=1S/C8H7Cl2N5/c9-3-1-2-4-6(5(3)10)14-8(13-4)15-7(11)12/h1-2H,(H5,11,12,13,14,15). The Bertz CT molecular complexity index is 541. The highest BCUT2D eigenvalue weighted by atomic mass is 35.5. The number of hydrogen-bond donors (Lipinski definition) is 3. The van der Waals surface area contributed by atoms with Crippen molar-refractivity contribution >= 4 is 46.1 Å². The Balaban J connectivity index is 2.66. The Morgan fingerprint density at radius 2 is 2.07 bits per heavy atom. The van der Waals surface area contributed by atoms with E-state index in [0.717, 1.165) is 5.52 Å². The largest absolute Gasteiger partial charge is 0.370 e. The molecule has 0 saturated carbocycles. The van der Waals surface area contributed by atoms with E-state index in [1.807, 2.05) is 0 Å². The quantitative estimate of drug-likeness (QED) is 0.527. The fourth-order valence-electron chi connectivity index (χ4n) is 1.18. The highest BCUT2D eigenvalue weighted by Gasteiger charge is 2.08. The molecule has 1 aromatic heterocycles. The Kier molecular flexibility index (Phi) is 2.42. The highest BCUT2D eigenvalue weighted by molar-refractivity contribution is 6.44. The summed E-state index contributed by atoms with van der Waals surface area (Å²) in [7, 11) is 0. The van der Waals surface area contributed by atoms with Crippen molar-refractivity contribution in [1.82, 2.24) is 9.97 Å². The maximum atomic E-state index is 5.95. The minimum atomic E-state index is -0.0729. The van der Waals surface area contributed by atoms with Crippen LogP contribution in [-0.2, 0) is 0 Å². The maximum absolute atomic E-state index is 5.95. The van der Waals surface area contributed by atoms with Gasteiger partial charge < -0.3 is 16.5 Å². The summed E-state index contributed by atoms with van der Waals surface area (Å²) < 4.78 is 0. The molecule has 0 spiro atoms. The number of imidazole rings is 1. The molecule has 0 radical (unpaired) electrons. The number of aromatic nitrogens is 2. The lowest BCUT2D eigenvalue weighted by Gasteiger charge is -1.93. The van der Waals surface area contributed by atoms with E-state index < -0.39 is 0 Å². The summed E-state index contributed by atoms with van der Waals surface area (Å²) in [5, 5.41) is 0.814. The number of guanidine groups is 1. The van der Waals surface area contributed by atoms with Crippen molar-refractivity contribution in [2.45, 2.75) is 0 Å². The second-order valence-corrected chi connectivity index (χ2v) is 3.64. The summed E-state index contributed by atoms with van der Waals surface area (Å²) in [5.41, 5.74) is 11.7. The van der Waals surface area contributed by atoms with Gasteiger partial charge in [-0.2, -0.15) is 4.99 Å². The van der Waals surface area contributed by atoms with Crippen molar-refractivity contribution in [3.63, 3.8) is 0 Å². The number of nitrogens with one attached hydrogen (secondary N) is 1. The summed E-state index contributed by atoms with van der Waals surface area (Å²) in [6, 6.07) is 3.42. The van der Waals surface area contributed by atoms with Gasteiger partial charge in [0.2, 0.25) is 5.95 Å². The van der Waals surface area contributed by atoms with Gasteiger partial charge in [-0.15, -0.1) is 0 Å². The minimum Gasteiger partial charge on any atom is -0.370 e. The third-order valence-corrected chi connectivity index (χ3v) is 2.56. The summed E-state index contributed by atoms with van der Waals surface area (Å²) in [4.78, 5) is 10.8. The molecular weight excluding hydrogens is 237 g/mol. The van der Waals surface area contributed by atoms with Crippen LogP contribution < -0.4 is 11.5 Å². The molecule has 0 bridgehead atoms. The smallest absolute Gasteiger partial charge is 0.231 e. The summed E-state index contributed by atoms with van der Waals surface area (Å²) in [5.74, 6) is 0.227. The number of fused-ring (bicyclic) bond motifs is 1. The van der Waals surface area contributed by atoms with Crippen LogP contribution in [0.2, 0.25) is 10.0 Å². The van der Waals surface area contributed by atoms with E-state index >= 15 is 0 Å². The van der Waals surface area contributed by atoms with Crippen molar-refractivity contribution in [1.29, 1.82) is 0 Å². The van der Waals surface area contributed by atoms with Crippen LogP contribution in [0.25, 0.3) is 11.0 Å². The second-order valence-electron chi connectivity index (χ2n) is 2.85. The van der Waals surface area contributed by atoms with Crippen LogP contribution in [-0.4, -0.2) is 15.9 Å². The molecule has 1 heterocycles. The molecule has 0 aliphatic heterocycles. The number of nitrogens with zero attached hydrogens (tertiary/aromatic N) is 2. The number of aliphatic imine (C=N–C) groups is 1. The van der Waals surface area contributed by atoms with Crippen LogP contribution in [0.4, 0.5) is 5.95 Å². The van der Waals surface area contributed by atoms with Crippen molar-refractivity contribution in [2.24, 2.45) is 16.5 Å². The lowest BCUT2D eigenvalue weighted by molar-refractivity contribution is 1.24. The number of hydrogen-bond acceptors (Lipinski definition) is 2. The van der Waals surface area contributed by atoms with Crippen LogP contribution >= 0.6 is 23.2 Å². The number of halogens is 2. The lowest BCUT2D eigenvalue weighted by Crippen LogP contribution is -2.22. The third-order valence-electron chi connectivity index (χ3n) is 1.77. The number of aromatic amines is 1. The van der Waals surface area contributed by atoms with Crippen molar-refractivity contribution < 1.29 is 0 Å². The van der Waals surface area contributed by atoms with Gasteiger partial charge in [0.05, 0.1) is 15.6 Å². The van der Waals surface area contributed by atoms with E-state index in [0.29, 0.717) is 21.5 Å². The predicted molar refractivity (Wildman–Crippen MR) is 61.6 cm³/mol. The SMILES string of the molecule is NC(N)=Nc1nc2c(Cl)c(Cl)ccc2[nH]1. The highest BCUT2D eigenvalue weighted by Crippen LogP contribution is 2.30. The lowest BCUT2D eigenvalue weighted by atomic mass is 10.3. The van der Waals surface area contributed by atoms with E-state index in [1.54, 1.807) is 12.1 Å². The molecule has 2 rings (SSSR count). The topological polar surface area (TPSA) is 93.1 Å². The fourth-order valence-corrected chi connectivity index (χ4v) is 1.54. The molecule has 0 amide bonds. The van der Waals surface area contributed by atoms with E-state index in [-0.39, 0.29) is 5.96 Å². The molecule has 15 heavy (non-hydrogen) atoms. The van der Waals surface area contributed by atoms with Gasteiger partial charge in [0, 0.05) is 0 Å². The third kappa shape index (κ3) is 1.84. The Labute approximate surface area is 95.1 Å². The molecule has 78 valence electrons. The molecule has 7 heteroatoms. The Morgan fingerprint density at radius 3 is 2.73 bits per heavy atom. The van der Waals surface area contributed by atoms with Gasteiger partial charge in [-0.3, -0.25) is 0 Å². The van der Waals surface area contributed by atoms with E-state index in [2.05, 4.69) is 15.0 Å². The van der Waals surface area contributed by atoms with E-state index in [4.69, 9.17) is 34.7 Å². The van der Waals surface area contributed by atoms with Crippen LogP contribution in [0, 0.1) is 0 Å². The average molecular weight is 244 g/mol. The monoisotopic (exact) mass is 243 g/mol. The zero-order valence-electron chi connectivity index (χ0n) is 7.46. The molecular formula is C8H7Cl2N5. The molecule has 5 nitrogen and oxygen atoms in total. The number of rotatable bonds is 1. The van der Waals surface area contributed by atoms with E-state index in [9.17, 15) is 0 Å². The van der Waals surface area contributed by atoms with Crippen LogP contribution in [0.1, 0.15) is 0 Å². The first kappa shape index (κ1) is 10.1. The van der Waals surface area contributed by atoms with Crippen LogP contribution in [0.15, 0.2) is 17.1 Å². The Hall–Kier alpha value is -1.46. The van der Waals surface area contributed by atoms with Gasteiger partial charge in [0.25, 0.3) is 0 Å². The first-order chi connectivity index (χ1) is 7.08. The average Bonchev–Trinajstić information content (AvgIpc) is 2.54. The van der Waals surface area contributed by atoms with Gasteiger partial charge in [0.1, 0.15) is 5.52 Å². The number of nitrogens with two attached hydrogens (primary N) is 2. The number of H-pyrrole nitrogens is 1. The molecule has 2 aromatic rings. The van der Waals surface area contributed by atoms with Gasteiger partial charge in [0.15, 0.2) is 5.96 Å². The molecule has 0 unspecified atom stereocenters. The van der Waals surface area contributed by atoms with Gasteiger partial charge in [-0.25, -0.2) is 4.98 Å². The minimum absolute atomic E-state index is 0.0729. The van der Waals surface area contributed by atoms with Crippen molar-refractivity contribution in [3.05, 3.63) is 22.2 Å². The van der Waals surface area contributed by atoms with Crippen molar-refractivity contribution in [3.8, 4) is 0 Å². The van der Waals surface area contributed by atoms with Crippen molar-refractivity contribution in [2.75, 3.05) is 0 Å². The second kappa shape index (κ2) is 3.60. The zero-order valence-corrected chi connectivity index (χ0v) is 8.97. The predicted octanol–water partition coefficient (Wildman–Crippen LogP) is 1.77. The maximum Gasteiger partial charge on any atom is 0.231 e.